The van der Waals surface area contributed by atoms with E-state index in [9.17, 15) is 9.18 Å². The summed E-state index contributed by atoms with van der Waals surface area (Å²) in [5, 5.41) is 0.783. The summed E-state index contributed by atoms with van der Waals surface area (Å²) in [6, 6.07) is 8.56. The molecule has 0 saturated carbocycles. The highest BCUT2D eigenvalue weighted by molar-refractivity contribution is 8.00. The molecule has 114 valence electrons. The standard InChI is InChI=1S/C16H14FNO2S2/c1-9-6-10-7-13(20-2)11(17)8-12(10)18(9)16(19)14-4-5-15(21-3)22-14/h4-8H,1-3H3. The Morgan fingerprint density at radius 1 is 1.32 bits per heavy atom. The second-order valence-corrected chi connectivity index (χ2v) is 6.98. The molecule has 0 N–H and O–H groups in total. The third kappa shape index (κ3) is 2.42. The molecular weight excluding hydrogens is 321 g/mol. The number of benzene rings is 1. The van der Waals surface area contributed by atoms with E-state index in [0.717, 1.165) is 15.3 Å². The van der Waals surface area contributed by atoms with Gasteiger partial charge in [0, 0.05) is 17.1 Å². The van der Waals surface area contributed by atoms with E-state index < -0.39 is 5.82 Å². The summed E-state index contributed by atoms with van der Waals surface area (Å²) in [6.07, 6.45) is 1.97. The van der Waals surface area contributed by atoms with Crippen LogP contribution in [0.5, 0.6) is 5.75 Å². The molecule has 0 radical (unpaired) electrons. The van der Waals surface area contributed by atoms with E-state index in [0.29, 0.717) is 10.4 Å². The second kappa shape index (κ2) is 5.78. The van der Waals surface area contributed by atoms with Crippen molar-refractivity contribution < 1.29 is 13.9 Å². The van der Waals surface area contributed by atoms with E-state index in [1.165, 1.54) is 24.5 Å². The van der Waals surface area contributed by atoms with Crippen molar-refractivity contribution in [2.45, 2.75) is 11.1 Å². The summed E-state index contributed by atoms with van der Waals surface area (Å²) in [5.41, 5.74) is 1.33. The van der Waals surface area contributed by atoms with Gasteiger partial charge in [-0.1, -0.05) is 0 Å². The van der Waals surface area contributed by atoms with Crippen LogP contribution >= 0.6 is 23.1 Å². The molecule has 22 heavy (non-hydrogen) atoms. The van der Waals surface area contributed by atoms with Crippen molar-refractivity contribution in [1.82, 2.24) is 4.57 Å². The first kappa shape index (κ1) is 15.1. The Labute approximate surface area is 135 Å². The van der Waals surface area contributed by atoms with Gasteiger partial charge in [-0.15, -0.1) is 23.1 Å². The summed E-state index contributed by atoms with van der Waals surface area (Å²) >= 11 is 3.04. The summed E-state index contributed by atoms with van der Waals surface area (Å²) in [5.74, 6) is -0.432. The van der Waals surface area contributed by atoms with Gasteiger partial charge in [0.1, 0.15) is 0 Å². The van der Waals surface area contributed by atoms with Gasteiger partial charge < -0.3 is 4.74 Å². The minimum absolute atomic E-state index is 0.137. The molecule has 0 aliphatic carbocycles. The Kier molecular flexibility index (Phi) is 3.97. The number of methoxy groups -OCH3 is 1. The normalized spacial score (nSPS) is 11.1. The van der Waals surface area contributed by atoms with Crippen LogP contribution in [0, 0.1) is 12.7 Å². The van der Waals surface area contributed by atoms with Crippen LogP contribution in [0.25, 0.3) is 10.9 Å². The average molecular weight is 335 g/mol. The number of thiophene rings is 1. The van der Waals surface area contributed by atoms with E-state index in [2.05, 4.69) is 0 Å². The van der Waals surface area contributed by atoms with Gasteiger partial charge in [0.15, 0.2) is 11.6 Å². The van der Waals surface area contributed by atoms with Crippen LogP contribution in [-0.2, 0) is 0 Å². The van der Waals surface area contributed by atoms with E-state index in [1.807, 2.05) is 31.4 Å². The summed E-state index contributed by atoms with van der Waals surface area (Å²) in [7, 11) is 1.43. The molecule has 0 atom stereocenters. The molecule has 3 rings (SSSR count). The lowest BCUT2D eigenvalue weighted by molar-refractivity contribution is 0.0967. The van der Waals surface area contributed by atoms with Gasteiger partial charge >= 0.3 is 0 Å². The molecule has 1 aromatic carbocycles. The first-order valence-electron chi connectivity index (χ1n) is 6.59. The lowest BCUT2D eigenvalue weighted by Gasteiger charge is -2.06. The zero-order chi connectivity index (χ0) is 15.9. The fourth-order valence-electron chi connectivity index (χ4n) is 2.43. The van der Waals surface area contributed by atoms with Crippen LogP contribution in [0.1, 0.15) is 15.4 Å². The van der Waals surface area contributed by atoms with Crippen molar-refractivity contribution in [2.24, 2.45) is 0 Å². The summed E-state index contributed by atoms with van der Waals surface area (Å²) in [6.45, 7) is 1.84. The molecule has 0 aliphatic heterocycles. The molecule has 6 heteroatoms. The molecule has 3 nitrogen and oxygen atoms in total. The van der Waals surface area contributed by atoms with Crippen LogP contribution < -0.4 is 4.74 Å². The predicted molar refractivity (Wildman–Crippen MR) is 89.0 cm³/mol. The third-order valence-electron chi connectivity index (χ3n) is 3.46. The van der Waals surface area contributed by atoms with Crippen molar-refractivity contribution in [3.05, 3.63) is 46.7 Å². The zero-order valence-electron chi connectivity index (χ0n) is 12.3. The van der Waals surface area contributed by atoms with Gasteiger partial charge in [-0.05, 0) is 37.4 Å². The number of aryl methyl sites for hydroxylation is 1. The van der Waals surface area contributed by atoms with Crippen molar-refractivity contribution in [3.63, 3.8) is 0 Å². The fourth-order valence-corrected chi connectivity index (χ4v) is 3.90. The number of rotatable bonds is 3. The minimum atomic E-state index is -0.474. The minimum Gasteiger partial charge on any atom is -0.494 e. The highest BCUT2D eigenvalue weighted by Gasteiger charge is 2.18. The third-order valence-corrected chi connectivity index (χ3v) is 5.61. The van der Waals surface area contributed by atoms with Gasteiger partial charge in [-0.2, -0.15) is 0 Å². The molecule has 0 spiro atoms. The van der Waals surface area contributed by atoms with Gasteiger partial charge in [-0.25, -0.2) is 4.39 Å². The SMILES string of the molecule is COc1cc2cc(C)n(C(=O)c3ccc(SC)s3)c2cc1F. The van der Waals surface area contributed by atoms with Gasteiger partial charge in [0.2, 0.25) is 0 Å². The van der Waals surface area contributed by atoms with Crippen molar-refractivity contribution in [2.75, 3.05) is 13.4 Å². The van der Waals surface area contributed by atoms with E-state index in [1.54, 1.807) is 22.4 Å². The van der Waals surface area contributed by atoms with Gasteiger partial charge in [0.05, 0.1) is 21.7 Å². The number of hydrogen-bond acceptors (Lipinski definition) is 4. The Morgan fingerprint density at radius 2 is 2.09 bits per heavy atom. The number of nitrogens with zero attached hydrogens (tertiary/aromatic N) is 1. The van der Waals surface area contributed by atoms with Crippen LogP contribution in [0.3, 0.4) is 0 Å². The highest BCUT2D eigenvalue weighted by atomic mass is 32.2. The zero-order valence-corrected chi connectivity index (χ0v) is 14.0. The molecule has 0 saturated heterocycles. The van der Waals surface area contributed by atoms with Crippen LogP contribution in [0.15, 0.2) is 34.5 Å². The van der Waals surface area contributed by atoms with E-state index in [-0.39, 0.29) is 11.7 Å². The summed E-state index contributed by atoms with van der Waals surface area (Å²) in [4.78, 5) is 13.4. The predicted octanol–water partition coefficient (Wildman–Crippen LogP) is 4.57. The number of fused-ring (bicyclic) bond motifs is 1. The van der Waals surface area contributed by atoms with Crippen LogP contribution in [0.2, 0.25) is 0 Å². The Bertz CT molecular complexity index is 867. The maximum Gasteiger partial charge on any atom is 0.272 e. The number of halogens is 1. The Hall–Kier alpha value is -1.79. The molecule has 0 aliphatic rings. The lowest BCUT2D eigenvalue weighted by Crippen LogP contribution is -2.11. The highest BCUT2D eigenvalue weighted by Crippen LogP contribution is 2.30. The quantitative estimate of drug-likeness (QED) is 0.657. The smallest absolute Gasteiger partial charge is 0.272 e. The van der Waals surface area contributed by atoms with Gasteiger partial charge in [-0.3, -0.25) is 9.36 Å². The number of carbonyl (C=O) groups excluding carboxylic acids is 1. The molecule has 0 fully saturated rings. The number of aromatic nitrogens is 1. The van der Waals surface area contributed by atoms with E-state index >= 15 is 0 Å². The average Bonchev–Trinajstić information content (AvgIpc) is 3.09. The van der Waals surface area contributed by atoms with Crippen LogP contribution in [-0.4, -0.2) is 23.8 Å². The van der Waals surface area contributed by atoms with Crippen LogP contribution in [0.4, 0.5) is 4.39 Å². The second-order valence-electron chi connectivity index (χ2n) is 4.79. The van der Waals surface area contributed by atoms with Crippen molar-refractivity contribution in [3.8, 4) is 5.75 Å². The molecule has 2 heterocycles. The molecule has 0 bridgehead atoms. The molecule has 2 aromatic heterocycles. The molecule has 0 amide bonds. The monoisotopic (exact) mass is 335 g/mol. The van der Waals surface area contributed by atoms with Gasteiger partial charge in [0.25, 0.3) is 5.91 Å². The molecule has 3 aromatic rings. The number of thioether (sulfide) groups is 1. The fraction of sp³-hybridized carbons (Fsp3) is 0.188. The first-order valence-corrected chi connectivity index (χ1v) is 8.63. The summed E-state index contributed by atoms with van der Waals surface area (Å²) < 4.78 is 21.6. The first-order chi connectivity index (χ1) is 10.5. The Morgan fingerprint density at radius 3 is 2.73 bits per heavy atom. The molecular formula is C16H14FNO2S2. The van der Waals surface area contributed by atoms with Crippen molar-refractivity contribution in [1.29, 1.82) is 0 Å². The number of ether oxygens (including phenoxy) is 1. The Balaban J connectivity index is 2.15. The van der Waals surface area contributed by atoms with E-state index in [4.69, 9.17) is 4.74 Å². The van der Waals surface area contributed by atoms with Crippen molar-refractivity contribution >= 4 is 39.9 Å². The maximum atomic E-state index is 14.0. The largest absolute Gasteiger partial charge is 0.494 e. The molecule has 0 unspecified atom stereocenters. The topological polar surface area (TPSA) is 31.2 Å². The number of hydrogen-bond donors (Lipinski definition) is 0. The number of carbonyl (C=O) groups is 1. The lowest BCUT2D eigenvalue weighted by atomic mass is 10.2. The maximum absolute atomic E-state index is 14.0.